The minimum atomic E-state index is -3.99. The number of aliphatic hydroxyl groups excluding tert-OH is 1. The lowest BCUT2D eigenvalue weighted by atomic mass is 10.2. The van der Waals surface area contributed by atoms with E-state index in [1.165, 1.54) is 24.3 Å². The lowest BCUT2D eigenvalue weighted by Crippen LogP contribution is -2.41. The Bertz CT molecular complexity index is 836. The zero-order valence-electron chi connectivity index (χ0n) is 13.8. The molecule has 0 fully saturated rings. The Morgan fingerprint density at radius 3 is 2.31 bits per heavy atom. The van der Waals surface area contributed by atoms with Crippen LogP contribution in [0, 0.1) is 10.1 Å². The van der Waals surface area contributed by atoms with Gasteiger partial charge in [0.15, 0.2) is 18.9 Å². The first-order valence-corrected chi connectivity index (χ1v) is 9.32. The number of hydrogen-bond donors (Lipinski definition) is 2. The average molecular weight is 383 g/mol. The number of aliphatic hydroxyl groups is 1. The van der Waals surface area contributed by atoms with Crippen LogP contribution in [0.25, 0.3) is 0 Å². The SMILES string of the molecule is O=[N+]([O-])c1ccc(OCC(O)C[n+]2ccc(CCS(=O)(=O)O)cc2)cc1. The molecule has 10 heteroatoms. The topological polar surface area (TPSA) is 131 Å². The van der Waals surface area contributed by atoms with Gasteiger partial charge in [-0.05, 0) is 24.1 Å². The molecule has 0 bridgehead atoms. The molecule has 1 unspecified atom stereocenters. The summed E-state index contributed by atoms with van der Waals surface area (Å²) in [6.07, 6.45) is 2.77. The smallest absolute Gasteiger partial charge is 0.269 e. The maximum absolute atomic E-state index is 10.7. The second-order valence-electron chi connectivity index (χ2n) is 5.66. The van der Waals surface area contributed by atoms with E-state index >= 15 is 0 Å². The number of nitro benzene ring substituents is 1. The predicted molar refractivity (Wildman–Crippen MR) is 91.4 cm³/mol. The highest BCUT2D eigenvalue weighted by atomic mass is 32.2. The molecule has 0 amide bonds. The lowest BCUT2D eigenvalue weighted by molar-refractivity contribution is -0.703. The number of hydrogen-bond acceptors (Lipinski definition) is 6. The van der Waals surface area contributed by atoms with Gasteiger partial charge < -0.3 is 9.84 Å². The number of aryl methyl sites for hydroxylation is 1. The molecule has 0 saturated heterocycles. The molecule has 140 valence electrons. The third-order valence-corrected chi connectivity index (χ3v) is 4.24. The van der Waals surface area contributed by atoms with E-state index in [0.717, 1.165) is 5.56 Å². The highest BCUT2D eigenvalue weighted by Gasteiger charge is 2.13. The van der Waals surface area contributed by atoms with Crippen molar-refractivity contribution in [3.05, 3.63) is 64.5 Å². The van der Waals surface area contributed by atoms with Crippen LogP contribution in [0.5, 0.6) is 5.75 Å². The zero-order chi connectivity index (χ0) is 19.2. The van der Waals surface area contributed by atoms with E-state index in [1.54, 1.807) is 29.1 Å². The van der Waals surface area contributed by atoms with Crippen LogP contribution in [-0.4, -0.2) is 41.5 Å². The van der Waals surface area contributed by atoms with Crippen molar-refractivity contribution in [2.24, 2.45) is 0 Å². The molecule has 2 rings (SSSR count). The summed E-state index contributed by atoms with van der Waals surface area (Å²) in [7, 11) is -3.99. The fourth-order valence-electron chi connectivity index (χ4n) is 2.18. The quantitative estimate of drug-likeness (QED) is 0.283. The van der Waals surface area contributed by atoms with Gasteiger partial charge >= 0.3 is 0 Å². The minimum Gasteiger partial charge on any atom is -0.491 e. The summed E-state index contributed by atoms with van der Waals surface area (Å²) >= 11 is 0. The Balaban J connectivity index is 1.81. The maximum Gasteiger partial charge on any atom is 0.269 e. The average Bonchev–Trinajstić information content (AvgIpc) is 2.59. The monoisotopic (exact) mass is 383 g/mol. The molecule has 0 radical (unpaired) electrons. The van der Waals surface area contributed by atoms with Gasteiger partial charge in [-0.2, -0.15) is 8.42 Å². The largest absolute Gasteiger partial charge is 0.491 e. The van der Waals surface area contributed by atoms with E-state index in [-0.39, 0.29) is 31.0 Å². The number of ether oxygens (including phenoxy) is 1. The van der Waals surface area contributed by atoms with E-state index in [4.69, 9.17) is 9.29 Å². The van der Waals surface area contributed by atoms with Crippen molar-refractivity contribution >= 4 is 15.8 Å². The molecule has 0 aliphatic carbocycles. The Hall–Kier alpha value is -2.56. The molecule has 2 aromatic rings. The van der Waals surface area contributed by atoms with Gasteiger partial charge in [0.1, 0.15) is 18.5 Å². The molecule has 2 N–H and O–H groups in total. The van der Waals surface area contributed by atoms with Crippen molar-refractivity contribution in [1.82, 2.24) is 0 Å². The Labute approximate surface area is 150 Å². The van der Waals surface area contributed by atoms with Gasteiger partial charge in [0.25, 0.3) is 15.8 Å². The standard InChI is InChI=1S/C16H18N2O7S/c19-15(12-25-16-3-1-14(2-4-16)18(20)21)11-17-8-5-13(6-9-17)7-10-26(22,23)24/h1-6,8-9,15,19H,7,10-12H2/p+1. The Morgan fingerprint density at radius 2 is 1.77 bits per heavy atom. The molecule has 0 saturated carbocycles. The summed E-state index contributed by atoms with van der Waals surface area (Å²) < 4.78 is 37.3. The van der Waals surface area contributed by atoms with Crippen molar-refractivity contribution in [1.29, 1.82) is 0 Å². The number of benzene rings is 1. The Kier molecular flexibility index (Phi) is 6.61. The molecule has 26 heavy (non-hydrogen) atoms. The predicted octanol–water partition coefficient (Wildman–Crippen LogP) is 0.752. The summed E-state index contributed by atoms with van der Waals surface area (Å²) in [6.45, 7) is 0.265. The van der Waals surface area contributed by atoms with Crippen LogP contribution in [0.4, 0.5) is 5.69 Å². The zero-order valence-corrected chi connectivity index (χ0v) is 14.6. The summed E-state index contributed by atoms with van der Waals surface area (Å²) in [5.41, 5.74) is 0.707. The van der Waals surface area contributed by atoms with Crippen molar-refractivity contribution in [3.63, 3.8) is 0 Å². The fourth-order valence-corrected chi connectivity index (χ4v) is 2.67. The normalized spacial score (nSPS) is 12.5. The van der Waals surface area contributed by atoms with Crippen LogP contribution in [-0.2, 0) is 23.1 Å². The molecule has 1 heterocycles. The van der Waals surface area contributed by atoms with Crippen LogP contribution in [0.3, 0.4) is 0 Å². The third kappa shape index (κ3) is 6.75. The van der Waals surface area contributed by atoms with Crippen molar-refractivity contribution in [2.45, 2.75) is 19.1 Å². The molecular formula is C16H19N2O7S+. The molecule has 1 aromatic heterocycles. The van der Waals surface area contributed by atoms with Crippen molar-refractivity contribution in [3.8, 4) is 5.75 Å². The van der Waals surface area contributed by atoms with Gasteiger partial charge in [-0.15, -0.1) is 0 Å². The van der Waals surface area contributed by atoms with Crippen LogP contribution in [0.2, 0.25) is 0 Å². The van der Waals surface area contributed by atoms with E-state index < -0.39 is 21.1 Å². The number of nitrogens with zero attached hydrogens (tertiary/aromatic N) is 2. The molecule has 0 spiro atoms. The minimum absolute atomic E-state index is 0.00924. The summed E-state index contributed by atoms with van der Waals surface area (Å²) in [4.78, 5) is 10.1. The van der Waals surface area contributed by atoms with Gasteiger partial charge in [0, 0.05) is 24.3 Å². The van der Waals surface area contributed by atoms with Crippen LogP contribution < -0.4 is 9.30 Å². The van der Waals surface area contributed by atoms with Crippen molar-refractivity contribution < 1.29 is 32.3 Å². The van der Waals surface area contributed by atoms with Crippen molar-refractivity contribution in [2.75, 3.05) is 12.4 Å². The van der Waals surface area contributed by atoms with Crippen LogP contribution in [0.1, 0.15) is 5.56 Å². The first kappa shape index (κ1) is 19.8. The number of non-ortho nitro benzene ring substituents is 1. The lowest BCUT2D eigenvalue weighted by Gasteiger charge is -2.10. The molecule has 1 atom stereocenters. The van der Waals surface area contributed by atoms with Gasteiger partial charge in [0.2, 0.25) is 0 Å². The van der Waals surface area contributed by atoms with E-state index in [0.29, 0.717) is 5.75 Å². The Morgan fingerprint density at radius 1 is 1.15 bits per heavy atom. The van der Waals surface area contributed by atoms with Gasteiger partial charge in [-0.1, -0.05) is 0 Å². The maximum atomic E-state index is 10.7. The van der Waals surface area contributed by atoms with Crippen LogP contribution >= 0.6 is 0 Å². The second kappa shape index (κ2) is 8.70. The number of nitro groups is 1. The van der Waals surface area contributed by atoms with Gasteiger partial charge in [-0.25, -0.2) is 4.57 Å². The third-order valence-electron chi connectivity index (χ3n) is 3.52. The number of aromatic nitrogens is 1. The van der Waals surface area contributed by atoms with E-state index in [9.17, 15) is 23.6 Å². The van der Waals surface area contributed by atoms with E-state index in [1.807, 2.05) is 0 Å². The number of rotatable bonds is 9. The van der Waals surface area contributed by atoms with Gasteiger partial charge in [-0.3, -0.25) is 14.7 Å². The summed E-state index contributed by atoms with van der Waals surface area (Å²) in [5.74, 6) is 0.0723. The molecule has 1 aromatic carbocycles. The molecule has 9 nitrogen and oxygen atoms in total. The molecular weight excluding hydrogens is 364 g/mol. The van der Waals surface area contributed by atoms with Gasteiger partial charge in [0.05, 0.1) is 10.7 Å². The summed E-state index contributed by atoms with van der Waals surface area (Å²) in [5, 5.41) is 20.6. The molecule has 0 aliphatic heterocycles. The highest BCUT2D eigenvalue weighted by Crippen LogP contribution is 2.17. The van der Waals surface area contributed by atoms with Crippen LogP contribution in [0.15, 0.2) is 48.8 Å². The number of pyridine rings is 1. The summed E-state index contributed by atoms with van der Waals surface area (Å²) in [6, 6.07) is 8.97. The first-order chi connectivity index (χ1) is 12.2. The highest BCUT2D eigenvalue weighted by molar-refractivity contribution is 7.85. The van der Waals surface area contributed by atoms with E-state index in [2.05, 4.69) is 0 Å². The first-order valence-electron chi connectivity index (χ1n) is 7.71. The second-order valence-corrected chi connectivity index (χ2v) is 7.23. The molecule has 0 aliphatic rings. The fraction of sp³-hybridized carbons (Fsp3) is 0.312.